The highest BCUT2D eigenvalue weighted by Gasteiger charge is 2.52. The fourth-order valence-corrected chi connectivity index (χ4v) is 8.22. The summed E-state index contributed by atoms with van der Waals surface area (Å²) in [7, 11) is 2.62. The van der Waals surface area contributed by atoms with Gasteiger partial charge in [-0.1, -0.05) is 53.8 Å². The van der Waals surface area contributed by atoms with Crippen molar-refractivity contribution in [3.05, 3.63) is 64.2 Å². The molecule has 0 aromatic heterocycles. The third-order valence-corrected chi connectivity index (χ3v) is 9.28. The van der Waals surface area contributed by atoms with E-state index in [4.69, 9.17) is 21.3 Å². The summed E-state index contributed by atoms with van der Waals surface area (Å²) in [4.78, 5) is 25.2. The molecular formula is C19H19O4PS. The minimum atomic E-state index is -2.63. The second-order valence-electron chi connectivity index (χ2n) is 6.27. The van der Waals surface area contributed by atoms with E-state index in [-0.39, 0.29) is 5.31 Å². The third-order valence-electron chi connectivity index (χ3n) is 4.90. The van der Waals surface area contributed by atoms with Gasteiger partial charge in [-0.05, 0) is 30.5 Å². The average molecular weight is 374 g/mol. The summed E-state index contributed by atoms with van der Waals surface area (Å²) >= 11 is 6.03. The maximum Gasteiger partial charge on any atom is 0.340 e. The predicted molar refractivity (Wildman–Crippen MR) is 102 cm³/mol. The van der Waals surface area contributed by atoms with E-state index in [1.165, 1.54) is 14.2 Å². The van der Waals surface area contributed by atoms with Crippen LogP contribution in [0.4, 0.5) is 0 Å². The molecule has 25 heavy (non-hydrogen) atoms. The minimum Gasteiger partial charge on any atom is -0.466 e. The second kappa shape index (κ2) is 6.08. The van der Waals surface area contributed by atoms with Crippen molar-refractivity contribution in [1.29, 1.82) is 0 Å². The summed E-state index contributed by atoms with van der Waals surface area (Å²) in [5, 5.41) is 1.20. The molecule has 2 bridgehead atoms. The van der Waals surface area contributed by atoms with Crippen molar-refractivity contribution in [2.24, 2.45) is 5.41 Å². The molecular weight excluding hydrogens is 355 g/mol. The average Bonchev–Trinajstić information content (AvgIpc) is 2.61. The van der Waals surface area contributed by atoms with Gasteiger partial charge in [-0.15, -0.1) is 0 Å². The molecule has 1 aromatic rings. The smallest absolute Gasteiger partial charge is 0.340 e. The molecule has 4 rings (SSSR count). The lowest BCUT2D eigenvalue weighted by atomic mass is 9.74. The number of benzene rings is 1. The zero-order valence-corrected chi connectivity index (χ0v) is 16.2. The van der Waals surface area contributed by atoms with Gasteiger partial charge in [0, 0.05) is 11.5 Å². The Morgan fingerprint density at radius 3 is 2.24 bits per heavy atom. The Morgan fingerprint density at radius 2 is 1.68 bits per heavy atom. The Bertz CT molecular complexity index is 911. The number of hydrogen-bond acceptors (Lipinski definition) is 5. The van der Waals surface area contributed by atoms with E-state index >= 15 is 0 Å². The Balaban J connectivity index is 2.36. The van der Waals surface area contributed by atoms with E-state index in [0.717, 1.165) is 16.5 Å². The third kappa shape index (κ3) is 2.45. The molecule has 4 nitrogen and oxygen atoms in total. The van der Waals surface area contributed by atoms with Crippen LogP contribution in [-0.2, 0) is 30.9 Å². The molecule has 0 amide bonds. The van der Waals surface area contributed by atoms with Crippen LogP contribution in [0, 0.1) is 5.41 Å². The number of allylic oxidation sites excluding steroid dienone is 2. The number of rotatable bonds is 3. The standard InChI is InChI=1S/C19H19O4PS/c1-12-11-24(25)14(13-8-6-5-7-9-13)10-19(12,2)15(17(20)22-3)16(24)18(21)23-4/h5-11H,1-4H3. The lowest BCUT2D eigenvalue weighted by Crippen LogP contribution is -2.34. The number of ether oxygens (including phenoxy) is 2. The van der Waals surface area contributed by atoms with Crippen LogP contribution in [-0.4, -0.2) is 26.2 Å². The monoisotopic (exact) mass is 374 g/mol. The van der Waals surface area contributed by atoms with Gasteiger partial charge in [-0.3, -0.25) is 0 Å². The van der Waals surface area contributed by atoms with Gasteiger partial charge < -0.3 is 9.47 Å². The summed E-state index contributed by atoms with van der Waals surface area (Å²) in [5.41, 5.74) is 1.49. The molecule has 3 aliphatic heterocycles. The van der Waals surface area contributed by atoms with Gasteiger partial charge in [0.2, 0.25) is 0 Å². The van der Waals surface area contributed by atoms with Gasteiger partial charge in [0.05, 0.1) is 25.1 Å². The van der Waals surface area contributed by atoms with Gasteiger partial charge in [0.1, 0.15) is 0 Å². The topological polar surface area (TPSA) is 52.6 Å². The van der Waals surface area contributed by atoms with Crippen LogP contribution in [0.15, 0.2) is 58.7 Å². The number of esters is 2. The maximum atomic E-state index is 12.6. The van der Waals surface area contributed by atoms with E-state index in [0.29, 0.717) is 5.57 Å². The molecule has 0 N–H and O–H groups in total. The van der Waals surface area contributed by atoms with Gasteiger partial charge in [0.25, 0.3) is 0 Å². The quantitative estimate of drug-likeness (QED) is 0.590. The maximum absolute atomic E-state index is 12.6. The molecule has 0 aliphatic carbocycles. The SMILES string of the molecule is COC(=O)C1=C(C(=O)OC)P2(=S)C=C(C)C1(C)C=C2c1ccccc1. The number of hydrogen-bond donors (Lipinski definition) is 0. The highest BCUT2D eigenvalue weighted by atomic mass is 32.4. The van der Waals surface area contributed by atoms with E-state index < -0.39 is 23.4 Å². The summed E-state index contributed by atoms with van der Waals surface area (Å²) < 4.78 is 9.97. The molecule has 0 fully saturated rings. The van der Waals surface area contributed by atoms with Crippen LogP contribution < -0.4 is 0 Å². The van der Waals surface area contributed by atoms with Gasteiger partial charge in [0.15, 0.2) is 0 Å². The van der Waals surface area contributed by atoms with Gasteiger partial charge in [-0.2, -0.15) is 0 Å². The Kier molecular flexibility index (Phi) is 4.34. The largest absolute Gasteiger partial charge is 0.466 e. The van der Waals surface area contributed by atoms with Crippen LogP contribution in [0.25, 0.3) is 5.31 Å². The zero-order chi connectivity index (χ0) is 18.4. The van der Waals surface area contributed by atoms with Crippen molar-refractivity contribution in [3.63, 3.8) is 0 Å². The van der Waals surface area contributed by atoms with Crippen molar-refractivity contribution in [1.82, 2.24) is 0 Å². The van der Waals surface area contributed by atoms with E-state index in [2.05, 4.69) is 0 Å². The first-order chi connectivity index (χ1) is 11.8. The fourth-order valence-electron chi connectivity index (χ4n) is 3.46. The first kappa shape index (κ1) is 17.8. The number of methoxy groups -OCH3 is 2. The van der Waals surface area contributed by atoms with Crippen LogP contribution in [0.5, 0.6) is 0 Å². The van der Waals surface area contributed by atoms with Crippen molar-refractivity contribution >= 4 is 35.1 Å². The fraction of sp³-hybridized carbons (Fsp3) is 0.263. The molecule has 6 heteroatoms. The van der Waals surface area contributed by atoms with Crippen molar-refractivity contribution in [2.45, 2.75) is 13.8 Å². The normalized spacial score (nSPS) is 27.5. The first-order valence-corrected chi connectivity index (χ1v) is 10.7. The lowest BCUT2D eigenvalue weighted by Gasteiger charge is -2.44. The molecule has 2 unspecified atom stereocenters. The lowest BCUT2D eigenvalue weighted by molar-refractivity contribution is -0.139. The van der Waals surface area contributed by atoms with Gasteiger partial charge in [-0.25, -0.2) is 9.59 Å². The summed E-state index contributed by atoms with van der Waals surface area (Å²) in [6.07, 6.45) is 2.02. The van der Waals surface area contributed by atoms with E-state index in [1.807, 2.05) is 56.1 Å². The molecule has 0 spiro atoms. The highest BCUT2D eigenvalue weighted by molar-refractivity contribution is 8.23. The molecule has 2 atom stereocenters. The summed E-state index contributed by atoms with van der Waals surface area (Å²) in [6, 6.07) is 7.11. The van der Waals surface area contributed by atoms with Crippen LogP contribution in [0.2, 0.25) is 0 Å². The highest BCUT2D eigenvalue weighted by Crippen LogP contribution is 2.76. The Labute approximate surface area is 152 Å². The van der Waals surface area contributed by atoms with Crippen molar-refractivity contribution in [3.8, 4) is 0 Å². The zero-order valence-electron chi connectivity index (χ0n) is 14.5. The summed E-state index contributed by atoms with van der Waals surface area (Å²) in [5.74, 6) is 0.900. The molecule has 0 saturated heterocycles. The number of carbonyl (C=O) groups excluding carboxylic acids is 2. The second-order valence-corrected chi connectivity index (χ2v) is 10.5. The number of carbonyl (C=O) groups is 2. The van der Waals surface area contributed by atoms with Gasteiger partial charge >= 0.3 is 11.9 Å². The first-order valence-electron chi connectivity index (χ1n) is 7.80. The molecule has 3 aliphatic rings. The Hall–Kier alpha value is -1.97. The van der Waals surface area contributed by atoms with E-state index in [1.54, 1.807) is 0 Å². The predicted octanol–water partition coefficient (Wildman–Crippen LogP) is 4.04. The summed E-state index contributed by atoms with van der Waals surface area (Å²) in [6.45, 7) is 3.85. The van der Waals surface area contributed by atoms with Crippen LogP contribution >= 0.6 is 6.04 Å². The molecule has 130 valence electrons. The van der Waals surface area contributed by atoms with Crippen LogP contribution in [0.3, 0.4) is 0 Å². The minimum absolute atomic E-state index is 0.284. The van der Waals surface area contributed by atoms with E-state index in [9.17, 15) is 9.59 Å². The molecule has 1 aromatic carbocycles. The van der Waals surface area contributed by atoms with Crippen LogP contribution in [0.1, 0.15) is 19.4 Å². The van der Waals surface area contributed by atoms with Crippen molar-refractivity contribution < 1.29 is 19.1 Å². The molecule has 3 heterocycles. The van der Waals surface area contributed by atoms with Crippen molar-refractivity contribution in [2.75, 3.05) is 14.2 Å². The Morgan fingerprint density at radius 1 is 1.08 bits per heavy atom. The molecule has 0 saturated carbocycles. The molecule has 0 radical (unpaired) electrons.